The summed E-state index contributed by atoms with van der Waals surface area (Å²) in [7, 11) is 1.34. The zero-order chi connectivity index (χ0) is 27.5. The Morgan fingerprint density at radius 3 is 2.84 bits per heavy atom. The summed E-state index contributed by atoms with van der Waals surface area (Å²) in [6, 6.07) is 3.95. The topological polar surface area (TPSA) is 94.6 Å². The van der Waals surface area contributed by atoms with Gasteiger partial charge in [-0.05, 0) is 31.0 Å². The summed E-state index contributed by atoms with van der Waals surface area (Å²) in [6.07, 6.45) is -3.95. The second kappa shape index (κ2) is 9.34. The normalized spacial score (nSPS) is 22.1. The number of nitrogens with zero attached hydrogens (tertiary/aromatic N) is 7. The molecule has 38 heavy (non-hydrogen) atoms. The Labute approximate surface area is 215 Å². The fraction of sp³-hybridized carbons (Fsp3) is 0.500. The Morgan fingerprint density at radius 1 is 1.34 bits per heavy atom. The number of piperidine rings is 1. The highest BCUT2D eigenvalue weighted by molar-refractivity contribution is 5.89. The molecular weight excluding hydrogens is 508 g/mol. The molecule has 0 bridgehead atoms. The van der Waals surface area contributed by atoms with E-state index in [9.17, 15) is 8.78 Å². The Balaban J connectivity index is 1.34. The van der Waals surface area contributed by atoms with Crippen molar-refractivity contribution in [3.05, 3.63) is 30.2 Å². The number of anilines is 1. The molecule has 6 rings (SSSR count). The van der Waals surface area contributed by atoms with Crippen molar-refractivity contribution in [2.75, 3.05) is 38.7 Å². The molecule has 2 aliphatic rings. The summed E-state index contributed by atoms with van der Waals surface area (Å²) in [4.78, 5) is 6.43. The maximum Gasteiger partial charge on any atom is 0.258 e. The second-order valence-corrected chi connectivity index (χ2v) is 9.86. The van der Waals surface area contributed by atoms with Crippen LogP contribution in [0, 0.1) is 5.82 Å². The molecule has 202 valence electrons. The first-order valence-corrected chi connectivity index (χ1v) is 12.2. The highest BCUT2D eigenvalue weighted by atomic mass is 19.3. The van der Waals surface area contributed by atoms with Crippen molar-refractivity contribution in [1.29, 1.82) is 0 Å². The lowest BCUT2D eigenvalue weighted by molar-refractivity contribution is -0.142. The summed E-state index contributed by atoms with van der Waals surface area (Å²) in [5.41, 5.74) is 0.781. The van der Waals surface area contributed by atoms with Gasteiger partial charge < -0.3 is 14.8 Å². The molecule has 0 saturated carbocycles. The fourth-order valence-electron chi connectivity index (χ4n) is 5.11. The lowest BCUT2D eigenvalue weighted by Crippen LogP contribution is -2.64. The van der Waals surface area contributed by atoms with E-state index in [0.29, 0.717) is 31.7 Å². The first-order chi connectivity index (χ1) is 18.7. The molecule has 3 aromatic heterocycles. The third-order valence-corrected chi connectivity index (χ3v) is 7.23. The maximum absolute atomic E-state index is 15.5. The molecule has 1 N–H and O–H groups in total. The van der Waals surface area contributed by atoms with Gasteiger partial charge in [0.15, 0.2) is 5.82 Å². The van der Waals surface area contributed by atoms with Gasteiger partial charge in [-0.3, -0.25) is 4.90 Å². The molecular formula is C24H26F4N8O2. The molecule has 0 radical (unpaired) electrons. The van der Waals surface area contributed by atoms with Crippen LogP contribution in [0.2, 0.25) is 0 Å². The standard InChI is InChI=1S/C24H26F4N8O2/c1-24(11-38-12-24)34-6-5-16(14(25)8-34)29-23-30-22(37-2)21-20(15(26)9-36(21)32-23)13-3-4-17-18(7-13)35(33-31-17)10-19(27)28/h3-4,7,9,14,16,19H,5-6,8,10-12H2,1-2H3,(H,29,32)/t14-,16+/m1/s1/i9D. The van der Waals surface area contributed by atoms with Gasteiger partial charge in [0.05, 0.1) is 50.5 Å². The van der Waals surface area contributed by atoms with Crippen LogP contribution in [0.1, 0.15) is 14.7 Å². The Morgan fingerprint density at radius 2 is 2.16 bits per heavy atom. The zero-order valence-corrected chi connectivity index (χ0v) is 20.7. The molecule has 4 aromatic rings. The van der Waals surface area contributed by atoms with E-state index < -0.39 is 37.2 Å². The minimum atomic E-state index is -2.66. The van der Waals surface area contributed by atoms with Gasteiger partial charge in [-0.15, -0.1) is 10.2 Å². The van der Waals surface area contributed by atoms with Crippen molar-refractivity contribution in [3.8, 4) is 17.0 Å². The van der Waals surface area contributed by atoms with Gasteiger partial charge in [0.1, 0.15) is 23.7 Å². The van der Waals surface area contributed by atoms with Crippen molar-refractivity contribution in [3.63, 3.8) is 0 Å². The third kappa shape index (κ3) is 4.21. The van der Waals surface area contributed by atoms with Crippen LogP contribution in [0.15, 0.2) is 24.4 Å². The van der Waals surface area contributed by atoms with Crippen molar-refractivity contribution in [1.82, 2.24) is 34.5 Å². The molecule has 2 atom stereocenters. The Kier molecular flexibility index (Phi) is 5.80. The number of likely N-dealkylation sites (tertiary alicyclic amines) is 1. The van der Waals surface area contributed by atoms with Crippen LogP contribution in [0.4, 0.5) is 23.5 Å². The number of fused-ring (bicyclic) bond motifs is 2. The average Bonchev–Trinajstić information content (AvgIpc) is 3.40. The highest BCUT2D eigenvalue weighted by Crippen LogP contribution is 2.36. The predicted octanol–water partition coefficient (Wildman–Crippen LogP) is 3.17. The van der Waals surface area contributed by atoms with Gasteiger partial charge in [-0.2, -0.15) is 4.98 Å². The van der Waals surface area contributed by atoms with Crippen LogP contribution in [0.25, 0.3) is 27.7 Å². The lowest BCUT2D eigenvalue weighted by Gasteiger charge is -2.50. The number of hydrogen-bond acceptors (Lipinski definition) is 8. The minimum absolute atomic E-state index is 0.0108. The van der Waals surface area contributed by atoms with E-state index in [2.05, 4.69) is 30.6 Å². The molecule has 14 heteroatoms. The van der Waals surface area contributed by atoms with E-state index in [0.717, 1.165) is 9.20 Å². The molecule has 5 heterocycles. The van der Waals surface area contributed by atoms with Gasteiger partial charge in [0, 0.05) is 13.1 Å². The number of alkyl halides is 3. The van der Waals surface area contributed by atoms with Gasteiger partial charge >= 0.3 is 0 Å². The second-order valence-electron chi connectivity index (χ2n) is 9.86. The molecule has 2 saturated heterocycles. The van der Waals surface area contributed by atoms with Crippen LogP contribution in [-0.4, -0.2) is 92.1 Å². The number of ether oxygens (including phenoxy) is 2. The van der Waals surface area contributed by atoms with Crippen molar-refractivity contribution >= 4 is 22.5 Å². The van der Waals surface area contributed by atoms with Gasteiger partial charge in [0.2, 0.25) is 11.8 Å². The fourth-order valence-corrected chi connectivity index (χ4v) is 5.11. The van der Waals surface area contributed by atoms with E-state index in [-0.39, 0.29) is 46.1 Å². The lowest BCUT2D eigenvalue weighted by atomic mass is 9.92. The molecule has 0 aliphatic carbocycles. The molecule has 0 amide bonds. The molecule has 2 aliphatic heterocycles. The third-order valence-electron chi connectivity index (χ3n) is 7.23. The van der Waals surface area contributed by atoms with Crippen LogP contribution in [-0.2, 0) is 11.3 Å². The monoisotopic (exact) mass is 535 g/mol. The molecule has 1 aromatic carbocycles. The van der Waals surface area contributed by atoms with Gasteiger partial charge in [-0.1, -0.05) is 11.3 Å². The molecule has 2 fully saturated rings. The number of halogens is 4. The summed E-state index contributed by atoms with van der Waals surface area (Å²) >= 11 is 0. The van der Waals surface area contributed by atoms with Gasteiger partial charge in [-0.25, -0.2) is 26.8 Å². The smallest absolute Gasteiger partial charge is 0.258 e. The van der Waals surface area contributed by atoms with E-state index in [1.165, 1.54) is 19.2 Å². The molecule has 10 nitrogen and oxygen atoms in total. The summed E-state index contributed by atoms with van der Waals surface area (Å²) in [5, 5.41) is 14.9. The van der Waals surface area contributed by atoms with Crippen LogP contribution in [0.3, 0.4) is 0 Å². The average molecular weight is 536 g/mol. The summed E-state index contributed by atoms with van der Waals surface area (Å²) < 4.78 is 77.9. The Hall–Kier alpha value is -3.52. The van der Waals surface area contributed by atoms with Crippen molar-refractivity contribution in [2.45, 2.75) is 44.1 Å². The van der Waals surface area contributed by atoms with Crippen LogP contribution >= 0.6 is 0 Å². The van der Waals surface area contributed by atoms with E-state index >= 15 is 8.78 Å². The molecule has 0 spiro atoms. The summed E-state index contributed by atoms with van der Waals surface area (Å²) in [6.45, 7) is 3.39. The Bertz CT molecular complexity index is 1540. The number of hydrogen-bond donors (Lipinski definition) is 1. The first-order valence-electron chi connectivity index (χ1n) is 12.7. The number of aromatic nitrogens is 6. The zero-order valence-electron chi connectivity index (χ0n) is 21.7. The largest absolute Gasteiger partial charge is 0.479 e. The van der Waals surface area contributed by atoms with Crippen molar-refractivity contribution in [2.24, 2.45) is 0 Å². The number of rotatable bonds is 7. The first kappa shape index (κ1) is 23.6. The highest BCUT2D eigenvalue weighted by Gasteiger charge is 2.43. The van der Waals surface area contributed by atoms with Crippen LogP contribution in [0.5, 0.6) is 5.88 Å². The number of methoxy groups -OCH3 is 1. The summed E-state index contributed by atoms with van der Waals surface area (Å²) in [5.74, 6) is -0.950. The SMILES string of the molecule is [2H]c1c(F)c(-c2ccc3nnn(CC(F)F)c3c2)c2c(OC)nc(N[C@H]3CCN(C4(C)COC4)C[C@H]3F)nn12. The minimum Gasteiger partial charge on any atom is -0.479 e. The quantitative estimate of drug-likeness (QED) is 0.361. The number of nitrogens with one attached hydrogen (secondary N) is 1. The van der Waals surface area contributed by atoms with E-state index in [1.807, 2.05) is 6.92 Å². The van der Waals surface area contributed by atoms with E-state index in [4.69, 9.17) is 10.8 Å². The number of benzene rings is 1. The van der Waals surface area contributed by atoms with Gasteiger partial charge in [0.25, 0.3) is 6.43 Å². The predicted molar refractivity (Wildman–Crippen MR) is 130 cm³/mol. The van der Waals surface area contributed by atoms with Crippen LogP contribution < -0.4 is 10.1 Å². The van der Waals surface area contributed by atoms with E-state index in [1.54, 1.807) is 6.07 Å². The maximum atomic E-state index is 15.5. The van der Waals surface area contributed by atoms with Crippen molar-refractivity contribution < 1.29 is 28.4 Å². The molecule has 0 unspecified atom stereocenters.